The first-order valence-electron chi connectivity index (χ1n) is 7.80. The molecule has 2 N–H and O–H groups in total. The number of aryl methyl sites for hydroxylation is 2. The van der Waals surface area contributed by atoms with Crippen LogP contribution in [-0.2, 0) is 6.54 Å². The second kappa shape index (κ2) is 5.49. The number of hydrogen-bond acceptors (Lipinski definition) is 5. The maximum Gasteiger partial charge on any atom is 0.184 e. The Balaban J connectivity index is 1.75. The Hall–Kier alpha value is -3.15. The molecule has 4 rings (SSSR count). The fourth-order valence-electron chi connectivity index (χ4n) is 2.95. The fourth-order valence-corrected chi connectivity index (χ4v) is 2.95. The van der Waals surface area contributed by atoms with Crippen LogP contribution in [0.2, 0.25) is 0 Å². The van der Waals surface area contributed by atoms with Crippen molar-refractivity contribution >= 4 is 22.7 Å². The van der Waals surface area contributed by atoms with E-state index in [2.05, 4.69) is 45.3 Å². The third-order valence-electron chi connectivity index (χ3n) is 3.96. The van der Waals surface area contributed by atoms with E-state index < -0.39 is 0 Å². The van der Waals surface area contributed by atoms with Crippen molar-refractivity contribution in [3.8, 4) is 0 Å². The number of rotatable bonds is 3. The predicted octanol–water partition coefficient (Wildman–Crippen LogP) is 2.97. The van der Waals surface area contributed by atoms with Crippen LogP contribution >= 0.6 is 0 Å². The summed E-state index contributed by atoms with van der Waals surface area (Å²) in [5.41, 5.74) is 4.61. The molecule has 0 unspecified atom stereocenters. The van der Waals surface area contributed by atoms with Crippen LogP contribution in [0, 0.1) is 13.8 Å². The molecule has 6 nitrogen and oxygen atoms in total. The lowest BCUT2D eigenvalue weighted by molar-refractivity contribution is 0.759. The van der Waals surface area contributed by atoms with Gasteiger partial charge in [0, 0.05) is 23.7 Å². The number of allylic oxidation sites excluding steroid dienone is 1. The number of nitrogens with zero attached hydrogens (tertiary/aromatic N) is 4. The molecule has 6 heteroatoms. The van der Waals surface area contributed by atoms with Crippen LogP contribution in [0.25, 0.3) is 16.9 Å². The molecule has 1 aliphatic heterocycles. The molecule has 0 saturated carbocycles. The van der Waals surface area contributed by atoms with Gasteiger partial charge in [0.1, 0.15) is 11.6 Å². The molecular weight excluding hydrogens is 300 g/mol. The maximum absolute atomic E-state index is 4.65. The molecule has 0 aromatic carbocycles. The summed E-state index contributed by atoms with van der Waals surface area (Å²) < 4.78 is 1.85. The molecule has 0 bridgehead atoms. The molecule has 0 fully saturated rings. The third-order valence-corrected chi connectivity index (χ3v) is 3.96. The normalized spacial score (nSPS) is 13.4. The molecular formula is C18H18N6. The largest absolute Gasteiger partial charge is 0.364 e. The van der Waals surface area contributed by atoms with Crippen LogP contribution in [0.5, 0.6) is 0 Å². The second-order valence-corrected chi connectivity index (χ2v) is 5.89. The summed E-state index contributed by atoms with van der Waals surface area (Å²) in [5.74, 6) is 1.75. The zero-order valence-electron chi connectivity index (χ0n) is 13.7. The first-order valence-corrected chi connectivity index (χ1v) is 7.80. The molecule has 0 saturated heterocycles. The van der Waals surface area contributed by atoms with Crippen molar-refractivity contribution in [3.05, 3.63) is 65.8 Å². The van der Waals surface area contributed by atoms with Crippen LogP contribution in [0.3, 0.4) is 0 Å². The highest BCUT2D eigenvalue weighted by Crippen LogP contribution is 2.31. The van der Waals surface area contributed by atoms with Crippen molar-refractivity contribution in [2.24, 2.45) is 0 Å². The van der Waals surface area contributed by atoms with Crippen LogP contribution in [0.1, 0.15) is 17.0 Å². The van der Waals surface area contributed by atoms with Crippen LogP contribution < -0.4 is 10.6 Å². The van der Waals surface area contributed by atoms with E-state index in [0.717, 1.165) is 45.3 Å². The SMILES string of the molecule is C=C1C=C(NCc2ccccn2)n2nc3nc(C)cc(C)c3c2N1. The topological polar surface area (TPSA) is 67.7 Å². The van der Waals surface area contributed by atoms with Gasteiger partial charge in [-0.05, 0) is 37.6 Å². The fraction of sp³-hybridized carbons (Fsp3) is 0.167. The van der Waals surface area contributed by atoms with Crippen molar-refractivity contribution < 1.29 is 0 Å². The van der Waals surface area contributed by atoms with E-state index in [1.54, 1.807) is 6.20 Å². The Bertz CT molecular complexity index is 968. The average molecular weight is 318 g/mol. The van der Waals surface area contributed by atoms with E-state index in [9.17, 15) is 0 Å². The van der Waals surface area contributed by atoms with Gasteiger partial charge in [-0.2, -0.15) is 4.68 Å². The first kappa shape index (κ1) is 14.4. The van der Waals surface area contributed by atoms with Crippen molar-refractivity contribution in [3.63, 3.8) is 0 Å². The summed E-state index contributed by atoms with van der Waals surface area (Å²) in [4.78, 5) is 8.89. The second-order valence-electron chi connectivity index (χ2n) is 5.89. The molecule has 120 valence electrons. The van der Waals surface area contributed by atoms with Gasteiger partial charge in [-0.1, -0.05) is 12.6 Å². The Kier molecular flexibility index (Phi) is 3.30. The Labute approximate surface area is 139 Å². The van der Waals surface area contributed by atoms with Crippen LogP contribution in [-0.4, -0.2) is 19.7 Å². The minimum atomic E-state index is 0.612. The lowest BCUT2D eigenvalue weighted by Crippen LogP contribution is -2.23. The lowest BCUT2D eigenvalue weighted by Gasteiger charge is -2.20. The average Bonchev–Trinajstić information content (AvgIpc) is 2.91. The summed E-state index contributed by atoms with van der Waals surface area (Å²) in [6.45, 7) is 8.71. The summed E-state index contributed by atoms with van der Waals surface area (Å²) in [7, 11) is 0. The zero-order chi connectivity index (χ0) is 16.7. The smallest absolute Gasteiger partial charge is 0.184 e. The van der Waals surface area contributed by atoms with Gasteiger partial charge in [-0.25, -0.2) is 4.98 Å². The lowest BCUT2D eigenvalue weighted by atomic mass is 10.1. The van der Waals surface area contributed by atoms with Gasteiger partial charge < -0.3 is 10.6 Å². The van der Waals surface area contributed by atoms with E-state index in [1.807, 2.05) is 35.9 Å². The molecule has 0 spiro atoms. The molecule has 0 atom stereocenters. The van der Waals surface area contributed by atoms with Gasteiger partial charge in [-0.3, -0.25) is 4.98 Å². The molecule has 3 aromatic rings. The van der Waals surface area contributed by atoms with Gasteiger partial charge >= 0.3 is 0 Å². The monoisotopic (exact) mass is 318 g/mol. The summed E-state index contributed by atoms with van der Waals surface area (Å²) >= 11 is 0. The molecule has 0 radical (unpaired) electrons. The minimum Gasteiger partial charge on any atom is -0.364 e. The standard InChI is InChI=1S/C18H18N6/c1-11-8-12(2)21-17-16(11)18-22-13(3)9-15(24(18)23-17)20-10-14-6-4-5-7-19-14/h4-9,20,22H,3,10H2,1-2H3. The highest BCUT2D eigenvalue weighted by Gasteiger charge is 2.21. The number of fused-ring (bicyclic) bond motifs is 3. The Morgan fingerprint density at radius 2 is 2.17 bits per heavy atom. The van der Waals surface area contributed by atoms with Gasteiger partial charge in [0.2, 0.25) is 0 Å². The Morgan fingerprint density at radius 3 is 2.96 bits per heavy atom. The van der Waals surface area contributed by atoms with Crippen molar-refractivity contribution in [1.29, 1.82) is 0 Å². The van der Waals surface area contributed by atoms with Crippen molar-refractivity contribution in [2.75, 3.05) is 5.32 Å². The third kappa shape index (κ3) is 2.42. The molecule has 3 aromatic heterocycles. The van der Waals surface area contributed by atoms with Crippen LogP contribution in [0.4, 0.5) is 5.82 Å². The van der Waals surface area contributed by atoms with E-state index in [4.69, 9.17) is 0 Å². The quantitative estimate of drug-likeness (QED) is 0.777. The van der Waals surface area contributed by atoms with Gasteiger partial charge in [-0.15, -0.1) is 5.10 Å². The summed E-state index contributed by atoms with van der Waals surface area (Å²) in [5, 5.41) is 12.4. The highest BCUT2D eigenvalue weighted by atomic mass is 15.4. The first-order chi connectivity index (χ1) is 11.6. The molecule has 0 aliphatic carbocycles. The van der Waals surface area contributed by atoms with E-state index in [1.165, 1.54) is 0 Å². The van der Waals surface area contributed by atoms with E-state index >= 15 is 0 Å². The van der Waals surface area contributed by atoms with Gasteiger partial charge in [0.25, 0.3) is 0 Å². The number of hydrogen-bond donors (Lipinski definition) is 2. The number of nitrogens with one attached hydrogen (secondary N) is 2. The maximum atomic E-state index is 4.65. The Morgan fingerprint density at radius 1 is 1.29 bits per heavy atom. The number of anilines is 1. The zero-order valence-corrected chi connectivity index (χ0v) is 13.7. The van der Waals surface area contributed by atoms with Gasteiger partial charge in [0.05, 0.1) is 17.6 Å². The minimum absolute atomic E-state index is 0.612. The highest BCUT2D eigenvalue weighted by molar-refractivity contribution is 5.94. The number of pyridine rings is 2. The van der Waals surface area contributed by atoms with E-state index in [-0.39, 0.29) is 0 Å². The number of aromatic nitrogens is 4. The summed E-state index contributed by atoms with van der Waals surface area (Å²) in [6.07, 6.45) is 3.72. The molecule has 24 heavy (non-hydrogen) atoms. The molecule has 1 aliphatic rings. The van der Waals surface area contributed by atoms with E-state index in [0.29, 0.717) is 6.54 Å². The van der Waals surface area contributed by atoms with Gasteiger partial charge in [0.15, 0.2) is 5.65 Å². The summed E-state index contributed by atoms with van der Waals surface area (Å²) in [6, 6.07) is 7.93. The molecule has 4 heterocycles. The van der Waals surface area contributed by atoms with Crippen molar-refractivity contribution in [2.45, 2.75) is 20.4 Å². The van der Waals surface area contributed by atoms with Crippen molar-refractivity contribution in [1.82, 2.24) is 25.1 Å². The molecule has 0 amide bonds. The van der Waals surface area contributed by atoms with Crippen LogP contribution in [0.15, 0.2) is 48.8 Å². The predicted molar refractivity (Wildman–Crippen MR) is 95.1 cm³/mol.